The van der Waals surface area contributed by atoms with Crippen LogP contribution >= 0.6 is 0 Å². The number of carbonyl (C=O) groups is 1. The van der Waals surface area contributed by atoms with Gasteiger partial charge in [-0.15, -0.1) is 6.42 Å². The van der Waals surface area contributed by atoms with Crippen molar-refractivity contribution in [2.24, 2.45) is 0 Å². The molecule has 5 fully saturated rings. The minimum absolute atomic E-state index is 0.0105. The second-order valence-electron chi connectivity index (χ2n) is 14.8. The third-order valence-corrected chi connectivity index (χ3v) is 11.7. The lowest BCUT2D eigenvalue weighted by Gasteiger charge is -2.52. The number of morpholine rings is 1. The van der Waals surface area contributed by atoms with Gasteiger partial charge in [-0.25, -0.2) is 13.2 Å². The number of alkyl halides is 1. The third-order valence-electron chi connectivity index (χ3n) is 11.7. The molecular formula is C41H44F3N7O3. The highest BCUT2D eigenvalue weighted by molar-refractivity contribution is 6.02. The molecule has 1 amide bonds. The lowest BCUT2D eigenvalue weighted by atomic mass is 9.91. The van der Waals surface area contributed by atoms with Crippen molar-refractivity contribution in [3.05, 3.63) is 65.9 Å². The number of hydrogen-bond donors (Lipinski definition) is 0. The zero-order valence-electron chi connectivity index (χ0n) is 30.6. The maximum atomic E-state index is 16.4. The van der Waals surface area contributed by atoms with E-state index in [1.165, 1.54) is 38.6 Å². The Bertz CT molecular complexity index is 2120. The fourth-order valence-electron chi connectivity index (χ4n) is 8.81. The molecule has 5 saturated heterocycles. The molecule has 282 valence electrons. The minimum atomic E-state index is -0.700. The van der Waals surface area contributed by atoms with E-state index in [4.69, 9.17) is 15.9 Å². The van der Waals surface area contributed by atoms with Crippen molar-refractivity contribution in [1.29, 1.82) is 0 Å². The smallest absolute Gasteiger partial charge is 0.318 e. The highest BCUT2D eigenvalue weighted by Gasteiger charge is 2.41. The summed E-state index contributed by atoms with van der Waals surface area (Å²) in [5, 5.41) is 1.45. The van der Waals surface area contributed by atoms with E-state index in [0.717, 1.165) is 32.7 Å². The standard InChI is InChI=1S/C34H32F2N6O3.C7H12FN/c1-4-24-27(35)11-10-20-7-5-8-25(29(20)24)31-30(36)32-26(16-37-31)33(39-34(38-32)44-3)40(2)21-12-14-41(17-21)28(43)9-6-13-42-22-15-23(42)19-45-18-22;8-6-4-7-2-1-3-9(7)5-6/h1,5-11,16,21-23H,12-15,17-19H2,2-3H3;6-7H,1-5H2/b9-6+;. The molecule has 5 unspecified atom stereocenters. The number of halogens is 3. The number of likely N-dealkylation sites (tertiary alicyclic amines) is 1. The number of pyridine rings is 1. The Morgan fingerprint density at radius 3 is 2.69 bits per heavy atom. The van der Waals surface area contributed by atoms with Crippen molar-refractivity contribution in [3.8, 4) is 29.6 Å². The summed E-state index contributed by atoms with van der Waals surface area (Å²) in [4.78, 5) is 34.8. The van der Waals surface area contributed by atoms with Gasteiger partial charge in [0, 0.05) is 80.6 Å². The summed E-state index contributed by atoms with van der Waals surface area (Å²) in [7, 11) is 3.28. The molecule has 2 aromatic heterocycles. The maximum Gasteiger partial charge on any atom is 0.318 e. The molecule has 13 heteroatoms. The van der Waals surface area contributed by atoms with Crippen LogP contribution < -0.4 is 9.64 Å². The predicted octanol–water partition coefficient (Wildman–Crippen LogP) is 5.37. The molecule has 0 aliphatic carbocycles. The van der Waals surface area contributed by atoms with Gasteiger partial charge in [-0.05, 0) is 50.1 Å². The molecule has 0 radical (unpaired) electrons. The van der Waals surface area contributed by atoms with Crippen LogP contribution in [-0.4, -0.2) is 126 Å². The zero-order chi connectivity index (χ0) is 37.5. The van der Waals surface area contributed by atoms with Crippen LogP contribution in [0.1, 0.15) is 37.7 Å². The number of anilines is 1. The van der Waals surface area contributed by atoms with Crippen LogP contribution in [0.4, 0.5) is 19.0 Å². The highest BCUT2D eigenvalue weighted by atomic mass is 19.1. The summed E-state index contributed by atoms with van der Waals surface area (Å²) in [6.07, 6.45) is 15.5. The van der Waals surface area contributed by atoms with Crippen LogP contribution in [0.3, 0.4) is 0 Å². The topological polar surface area (TPSA) is 87.2 Å². The quantitative estimate of drug-likeness (QED) is 0.184. The first kappa shape index (κ1) is 36.2. The number of ether oxygens (including phenoxy) is 2. The fourth-order valence-corrected chi connectivity index (χ4v) is 8.81. The van der Waals surface area contributed by atoms with Crippen LogP contribution in [0.2, 0.25) is 0 Å². The van der Waals surface area contributed by atoms with Crippen LogP contribution in [0, 0.1) is 24.0 Å². The SMILES string of the molecule is C#Cc1c(F)ccc2cccc(-c3ncc4c(N(C)C5CCN(C(=O)/C=C/CN6C7COCC6C7)C5)nc(OC)nc4c3F)c12.FC1CC2CCCN2C1. The van der Waals surface area contributed by atoms with Gasteiger partial charge >= 0.3 is 6.01 Å². The first-order valence-corrected chi connectivity index (χ1v) is 18.7. The van der Waals surface area contributed by atoms with Crippen molar-refractivity contribution in [3.63, 3.8) is 0 Å². The summed E-state index contributed by atoms with van der Waals surface area (Å²) in [6, 6.07) is 9.54. The molecule has 10 nitrogen and oxygen atoms in total. The number of methoxy groups -OCH3 is 1. The fraction of sp³-hybridized carbons (Fsp3) is 0.463. The van der Waals surface area contributed by atoms with Crippen LogP contribution in [0.15, 0.2) is 48.7 Å². The summed E-state index contributed by atoms with van der Waals surface area (Å²) in [5.74, 6) is 1.53. The van der Waals surface area contributed by atoms with Gasteiger partial charge in [0.25, 0.3) is 0 Å². The number of rotatable bonds is 7. The summed E-state index contributed by atoms with van der Waals surface area (Å²) < 4.78 is 54.5. The molecule has 54 heavy (non-hydrogen) atoms. The maximum absolute atomic E-state index is 16.4. The monoisotopic (exact) mass is 739 g/mol. The minimum Gasteiger partial charge on any atom is -0.467 e. The van der Waals surface area contributed by atoms with Crippen LogP contribution in [-0.2, 0) is 9.53 Å². The number of amides is 1. The van der Waals surface area contributed by atoms with Gasteiger partial charge in [-0.3, -0.25) is 19.6 Å². The first-order valence-electron chi connectivity index (χ1n) is 18.7. The molecule has 0 spiro atoms. The number of hydrogen-bond acceptors (Lipinski definition) is 9. The molecule has 5 aliphatic rings. The van der Waals surface area contributed by atoms with Gasteiger partial charge in [0.15, 0.2) is 5.82 Å². The largest absolute Gasteiger partial charge is 0.467 e. The Morgan fingerprint density at radius 1 is 1.09 bits per heavy atom. The molecule has 2 bridgehead atoms. The normalized spacial score (nSPS) is 25.0. The highest BCUT2D eigenvalue weighted by Crippen LogP contribution is 2.37. The van der Waals surface area contributed by atoms with E-state index in [0.29, 0.717) is 71.7 Å². The third kappa shape index (κ3) is 6.76. The molecular weight excluding hydrogens is 695 g/mol. The first-order chi connectivity index (χ1) is 26.2. The number of terminal acetylenes is 1. The average Bonchev–Trinajstić information content (AvgIpc) is 3.94. The zero-order valence-corrected chi connectivity index (χ0v) is 30.6. The Morgan fingerprint density at radius 2 is 1.93 bits per heavy atom. The Balaban J connectivity index is 0.000000399. The van der Waals surface area contributed by atoms with Crippen molar-refractivity contribution in [2.75, 3.05) is 65.0 Å². The van der Waals surface area contributed by atoms with Gasteiger partial charge in [0.1, 0.15) is 29.0 Å². The molecule has 0 N–H and O–H groups in total. The van der Waals surface area contributed by atoms with E-state index >= 15 is 4.39 Å². The summed E-state index contributed by atoms with van der Waals surface area (Å²) in [5.41, 5.74) is 0.399. The number of aromatic nitrogens is 3. The number of nitrogens with zero attached hydrogens (tertiary/aromatic N) is 7. The predicted molar refractivity (Wildman–Crippen MR) is 201 cm³/mol. The summed E-state index contributed by atoms with van der Waals surface area (Å²) in [6.45, 7) is 5.20. The van der Waals surface area contributed by atoms with E-state index < -0.39 is 17.8 Å². The van der Waals surface area contributed by atoms with Gasteiger partial charge in [-0.1, -0.05) is 36.3 Å². The molecule has 7 heterocycles. The van der Waals surface area contributed by atoms with E-state index in [1.807, 2.05) is 22.9 Å². The lowest BCUT2D eigenvalue weighted by molar-refractivity contribution is -0.125. The molecule has 9 rings (SSSR count). The van der Waals surface area contributed by atoms with E-state index in [-0.39, 0.29) is 34.7 Å². The number of fused-ring (bicyclic) bond motifs is 5. The molecule has 2 aromatic carbocycles. The molecule has 0 saturated carbocycles. The Kier molecular flexibility index (Phi) is 10.2. The van der Waals surface area contributed by atoms with Gasteiger partial charge < -0.3 is 19.3 Å². The Hall–Kier alpha value is -4.77. The van der Waals surface area contributed by atoms with Crippen molar-refractivity contribution >= 4 is 33.4 Å². The molecule has 4 aromatic rings. The van der Waals surface area contributed by atoms with E-state index in [2.05, 4.69) is 30.7 Å². The van der Waals surface area contributed by atoms with Gasteiger partial charge in [0.2, 0.25) is 5.91 Å². The average molecular weight is 740 g/mol. The number of likely N-dealkylation sites (N-methyl/N-ethyl adjacent to an activating group) is 1. The van der Waals surface area contributed by atoms with E-state index in [9.17, 15) is 13.6 Å². The molecule has 5 atom stereocenters. The van der Waals surface area contributed by atoms with E-state index in [1.54, 1.807) is 30.3 Å². The second-order valence-corrected chi connectivity index (χ2v) is 14.8. The number of carbonyl (C=O) groups excluding carboxylic acids is 1. The number of benzene rings is 2. The Labute approximate surface area is 312 Å². The van der Waals surface area contributed by atoms with Crippen LogP contribution in [0.5, 0.6) is 6.01 Å². The summed E-state index contributed by atoms with van der Waals surface area (Å²) >= 11 is 0. The lowest BCUT2D eigenvalue weighted by Crippen LogP contribution is -2.63. The van der Waals surface area contributed by atoms with Gasteiger partial charge in [-0.2, -0.15) is 9.97 Å². The van der Waals surface area contributed by atoms with Crippen LogP contribution in [0.25, 0.3) is 32.9 Å². The van der Waals surface area contributed by atoms with Crippen molar-refractivity contribution < 1.29 is 27.4 Å². The molecule has 5 aliphatic heterocycles. The van der Waals surface area contributed by atoms with Gasteiger partial charge in [0.05, 0.1) is 31.3 Å². The second kappa shape index (κ2) is 15.2. The van der Waals surface area contributed by atoms with Crippen molar-refractivity contribution in [2.45, 2.75) is 62.4 Å². The van der Waals surface area contributed by atoms with Crippen molar-refractivity contribution in [1.82, 2.24) is 29.7 Å².